The van der Waals surface area contributed by atoms with Gasteiger partial charge in [0.15, 0.2) is 9.84 Å². The van der Waals surface area contributed by atoms with Crippen LogP contribution in [-0.2, 0) is 22.1 Å². The molecule has 0 saturated carbocycles. The van der Waals surface area contributed by atoms with Gasteiger partial charge in [-0.3, -0.25) is 9.69 Å². The Bertz CT molecular complexity index is 1170. The molecule has 1 amide bonds. The van der Waals surface area contributed by atoms with Gasteiger partial charge in [0, 0.05) is 38.3 Å². The van der Waals surface area contributed by atoms with E-state index in [1.807, 2.05) is 30.0 Å². The van der Waals surface area contributed by atoms with Gasteiger partial charge in [-0.25, -0.2) is 8.42 Å². The van der Waals surface area contributed by atoms with Crippen molar-refractivity contribution < 1.29 is 13.2 Å². The summed E-state index contributed by atoms with van der Waals surface area (Å²) in [6.45, 7) is 5.78. The Kier molecular flexibility index (Phi) is 6.72. The monoisotopic (exact) mass is 448 g/mol. The van der Waals surface area contributed by atoms with Crippen LogP contribution in [0.5, 0.6) is 0 Å². The van der Waals surface area contributed by atoms with Gasteiger partial charge >= 0.3 is 0 Å². The SMILES string of the molecule is Cc1ccc(S(=O)(=O)Cc2cccc(C(=O)N3CCN(Cc4ccccc4)CC3)c2)cc1. The molecule has 1 aliphatic heterocycles. The maximum Gasteiger partial charge on any atom is 0.253 e. The topological polar surface area (TPSA) is 57.7 Å². The summed E-state index contributed by atoms with van der Waals surface area (Å²) < 4.78 is 25.6. The van der Waals surface area contributed by atoms with Crippen LogP contribution in [0, 0.1) is 6.92 Å². The number of hydrogen-bond donors (Lipinski definition) is 0. The molecule has 0 aromatic heterocycles. The first-order chi connectivity index (χ1) is 15.4. The van der Waals surface area contributed by atoms with Crippen LogP contribution in [0.3, 0.4) is 0 Å². The third-order valence-corrected chi connectivity index (χ3v) is 7.52. The van der Waals surface area contributed by atoms with E-state index in [0.29, 0.717) is 29.1 Å². The summed E-state index contributed by atoms with van der Waals surface area (Å²) in [7, 11) is -3.47. The number of aryl methyl sites for hydroxylation is 1. The van der Waals surface area contributed by atoms with Gasteiger partial charge in [0.25, 0.3) is 5.91 Å². The quantitative estimate of drug-likeness (QED) is 0.573. The molecule has 0 bridgehead atoms. The molecule has 1 saturated heterocycles. The van der Waals surface area contributed by atoms with Crippen molar-refractivity contribution in [1.82, 2.24) is 9.80 Å². The number of amides is 1. The molecule has 0 N–H and O–H groups in total. The minimum atomic E-state index is -3.47. The summed E-state index contributed by atoms with van der Waals surface area (Å²) in [5.41, 5.74) is 3.45. The molecule has 0 unspecified atom stereocenters. The molecule has 1 fully saturated rings. The van der Waals surface area contributed by atoms with Gasteiger partial charge in [-0.1, -0.05) is 60.2 Å². The second-order valence-electron chi connectivity index (χ2n) is 8.33. The molecule has 4 rings (SSSR count). The molecule has 32 heavy (non-hydrogen) atoms. The lowest BCUT2D eigenvalue weighted by Crippen LogP contribution is -2.48. The molecule has 6 heteroatoms. The van der Waals surface area contributed by atoms with Gasteiger partial charge in [-0.05, 0) is 42.3 Å². The van der Waals surface area contributed by atoms with Crippen molar-refractivity contribution in [1.29, 1.82) is 0 Å². The number of hydrogen-bond acceptors (Lipinski definition) is 4. The van der Waals surface area contributed by atoms with Crippen LogP contribution in [0.4, 0.5) is 0 Å². The Morgan fingerprint density at radius 2 is 1.47 bits per heavy atom. The average Bonchev–Trinajstić information content (AvgIpc) is 2.80. The van der Waals surface area contributed by atoms with Crippen molar-refractivity contribution in [2.45, 2.75) is 24.1 Å². The molecule has 3 aromatic carbocycles. The van der Waals surface area contributed by atoms with Gasteiger partial charge in [-0.2, -0.15) is 0 Å². The predicted octanol–water partition coefficient (Wildman–Crippen LogP) is 3.93. The lowest BCUT2D eigenvalue weighted by atomic mass is 10.1. The fourth-order valence-electron chi connectivity index (χ4n) is 3.98. The summed E-state index contributed by atoms with van der Waals surface area (Å²) in [5, 5.41) is 0. The van der Waals surface area contributed by atoms with Crippen LogP contribution in [0.2, 0.25) is 0 Å². The Balaban J connectivity index is 1.39. The first-order valence-corrected chi connectivity index (χ1v) is 12.5. The standard InChI is InChI=1S/C26H28N2O3S/c1-21-10-12-25(13-11-21)32(30,31)20-23-8-5-9-24(18-23)26(29)28-16-14-27(15-17-28)19-22-6-3-2-4-7-22/h2-13,18H,14-17,19-20H2,1H3. The van der Waals surface area contributed by atoms with E-state index in [9.17, 15) is 13.2 Å². The minimum absolute atomic E-state index is 0.0426. The Hall–Kier alpha value is -2.96. The van der Waals surface area contributed by atoms with Crippen molar-refractivity contribution in [2.24, 2.45) is 0 Å². The lowest BCUT2D eigenvalue weighted by molar-refractivity contribution is 0.0628. The molecule has 0 aliphatic carbocycles. The smallest absolute Gasteiger partial charge is 0.253 e. The normalized spacial score (nSPS) is 15.0. The van der Waals surface area contributed by atoms with Crippen molar-refractivity contribution in [3.8, 4) is 0 Å². The molecule has 1 aliphatic rings. The van der Waals surface area contributed by atoms with Gasteiger partial charge in [-0.15, -0.1) is 0 Å². The van der Waals surface area contributed by atoms with Gasteiger partial charge < -0.3 is 4.90 Å². The van der Waals surface area contributed by atoms with Gasteiger partial charge in [0.2, 0.25) is 0 Å². The third kappa shape index (κ3) is 5.44. The molecule has 0 radical (unpaired) electrons. The average molecular weight is 449 g/mol. The summed E-state index contributed by atoms with van der Waals surface area (Å²) in [5.74, 6) is -0.166. The summed E-state index contributed by atoms with van der Waals surface area (Å²) in [6.07, 6.45) is 0. The molecule has 1 heterocycles. The molecule has 5 nitrogen and oxygen atoms in total. The second kappa shape index (κ2) is 9.67. The third-order valence-electron chi connectivity index (χ3n) is 5.82. The van der Waals surface area contributed by atoms with E-state index >= 15 is 0 Å². The largest absolute Gasteiger partial charge is 0.336 e. The van der Waals surface area contributed by atoms with Crippen LogP contribution in [0.25, 0.3) is 0 Å². The number of piperazine rings is 1. The number of carbonyl (C=O) groups excluding carboxylic acids is 1. The highest BCUT2D eigenvalue weighted by Crippen LogP contribution is 2.19. The predicted molar refractivity (Wildman–Crippen MR) is 126 cm³/mol. The molecular weight excluding hydrogens is 420 g/mol. The maximum atomic E-state index is 13.0. The summed E-state index contributed by atoms with van der Waals surface area (Å²) >= 11 is 0. The molecular formula is C26H28N2O3S. The van der Waals surface area contributed by atoms with E-state index in [-0.39, 0.29) is 11.7 Å². The van der Waals surface area contributed by atoms with Gasteiger partial charge in [0.05, 0.1) is 10.6 Å². The fourth-order valence-corrected chi connectivity index (χ4v) is 5.31. The van der Waals surface area contributed by atoms with Crippen LogP contribution in [0.1, 0.15) is 27.0 Å². The fraction of sp³-hybridized carbons (Fsp3) is 0.269. The van der Waals surface area contributed by atoms with Gasteiger partial charge in [0.1, 0.15) is 0 Å². The molecule has 166 valence electrons. The van der Waals surface area contributed by atoms with E-state index in [1.54, 1.807) is 48.5 Å². The van der Waals surface area contributed by atoms with Crippen LogP contribution >= 0.6 is 0 Å². The number of sulfone groups is 1. The Morgan fingerprint density at radius 1 is 0.812 bits per heavy atom. The lowest BCUT2D eigenvalue weighted by Gasteiger charge is -2.34. The first kappa shape index (κ1) is 22.2. The zero-order valence-electron chi connectivity index (χ0n) is 18.3. The van der Waals surface area contributed by atoms with Crippen molar-refractivity contribution in [2.75, 3.05) is 26.2 Å². The molecule has 0 spiro atoms. The van der Waals surface area contributed by atoms with Crippen LogP contribution < -0.4 is 0 Å². The molecule has 3 aromatic rings. The first-order valence-electron chi connectivity index (χ1n) is 10.8. The van der Waals surface area contributed by atoms with Crippen molar-refractivity contribution >= 4 is 15.7 Å². The van der Waals surface area contributed by atoms with Crippen molar-refractivity contribution in [3.63, 3.8) is 0 Å². The number of nitrogens with zero attached hydrogens (tertiary/aromatic N) is 2. The van der Waals surface area contributed by atoms with E-state index in [1.165, 1.54) is 5.56 Å². The highest BCUT2D eigenvalue weighted by Gasteiger charge is 2.23. The van der Waals surface area contributed by atoms with E-state index in [2.05, 4.69) is 17.0 Å². The number of rotatable bonds is 6. The van der Waals surface area contributed by atoms with Crippen molar-refractivity contribution in [3.05, 3.63) is 101 Å². The zero-order chi connectivity index (χ0) is 22.6. The van der Waals surface area contributed by atoms with Crippen LogP contribution in [-0.4, -0.2) is 50.3 Å². The van der Waals surface area contributed by atoms with Crippen LogP contribution in [0.15, 0.2) is 83.8 Å². The Labute approximate surface area is 190 Å². The van der Waals surface area contributed by atoms with E-state index < -0.39 is 9.84 Å². The zero-order valence-corrected chi connectivity index (χ0v) is 19.1. The number of benzene rings is 3. The number of carbonyl (C=O) groups is 1. The highest BCUT2D eigenvalue weighted by molar-refractivity contribution is 7.90. The van der Waals surface area contributed by atoms with E-state index in [0.717, 1.165) is 25.2 Å². The highest BCUT2D eigenvalue weighted by atomic mass is 32.2. The summed E-state index contributed by atoms with van der Waals surface area (Å²) in [4.78, 5) is 17.6. The summed E-state index contributed by atoms with van der Waals surface area (Å²) in [6, 6.07) is 24.2. The minimum Gasteiger partial charge on any atom is -0.336 e. The second-order valence-corrected chi connectivity index (χ2v) is 10.3. The van der Waals surface area contributed by atoms with E-state index in [4.69, 9.17) is 0 Å². The Morgan fingerprint density at radius 3 is 2.16 bits per heavy atom. The maximum absolute atomic E-state index is 13.0. The molecule has 0 atom stereocenters.